The van der Waals surface area contributed by atoms with E-state index in [1.54, 1.807) is 6.07 Å². The van der Waals surface area contributed by atoms with Gasteiger partial charge in [-0.15, -0.1) is 0 Å². The number of phenolic OH excluding ortho intramolecular Hbond substituents is 4. The van der Waals surface area contributed by atoms with Crippen LogP contribution in [0.5, 0.6) is 28.7 Å². The first kappa shape index (κ1) is 22.3. The third-order valence-electron chi connectivity index (χ3n) is 5.26. The van der Waals surface area contributed by atoms with Crippen molar-refractivity contribution in [3.8, 4) is 28.7 Å². The summed E-state index contributed by atoms with van der Waals surface area (Å²) in [4.78, 5) is 12.7. The van der Waals surface area contributed by atoms with E-state index >= 15 is 0 Å². The predicted octanol–water partition coefficient (Wildman–Crippen LogP) is 5.23. The molecule has 0 fully saturated rings. The standard InChI is InChI=1S/C25H28O6/c1-13(2)5-7-15-9-18(25(30)17(24(15)29)8-6-14(3)4)21-12-20(28)23-19(27)10-16(26)11-22(23)31-21/h5-6,9-11,21,26-27,29-30H,7-8,12H2,1-4H3. The van der Waals surface area contributed by atoms with Gasteiger partial charge in [-0.3, -0.25) is 4.79 Å². The first-order chi connectivity index (χ1) is 14.6. The molecule has 0 saturated heterocycles. The summed E-state index contributed by atoms with van der Waals surface area (Å²) < 4.78 is 5.92. The van der Waals surface area contributed by atoms with Crippen molar-refractivity contribution < 1.29 is 30.0 Å². The van der Waals surface area contributed by atoms with Crippen molar-refractivity contribution in [3.05, 3.63) is 63.8 Å². The average Bonchev–Trinajstić information content (AvgIpc) is 2.65. The van der Waals surface area contributed by atoms with Crippen molar-refractivity contribution in [1.82, 2.24) is 0 Å². The summed E-state index contributed by atoms with van der Waals surface area (Å²) in [6, 6.07) is 4.01. The molecule has 2 aromatic carbocycles. The van der Waals surface area contributed by atoms with E-state index in [9.17, 15) is 25.2 Å². The number of hydrogen-bond acceptors (Lipinski definition) is 6. The highest BCUT2D eigenvalue weighted by atomic mass is 16.5. The molecule has 0 spiro atoms. The lowest BCUT2D eigenvalue weighted by atomic mass is 9.90. The molecule has 0 amide bonds. The van der Waals surface area contributed by atoms with Crippen LogP contribution in [0, 0.1) is 0 Å². The van der Waals surface area contributed by atoms with Gasteiger partial charge in [0.1, 0.15) is 40.4 Å². The van der Waals surface area contributed by atoms with Crippen LogP contribution in [0.1, 0.15) is 67.3 Å². The molecule has 0 radical (unpaired) electrons. The topological polar surface area (TPSA) is 107 Å². The van der Waals surface area contributed by atoms with Gasteiger partial charge < -0.3 is 25.2 Å². The van der Waals surface area contributed by atoms with E-state index in [0.717, 1.165) is 17.2 Å². The molecule has 0 saturated carbocycles. The van der Waals surface area contributed by atoms with Gasteiger partial charge in [-0.25, -0.2) is 0 Å². The lowest BCUT2D eigenvalue weighted by molar-refractivity contribution is 0.0842. The molecule has 0 bridgehead atoms. The molecule has 0 aliphatic carbocycles. The van der Waals surface area contributed by atoms with Crippen LogP contribution in [0.2, 0.25) is 0 Å². The fourth-order valence-electron chi connectivity index (χ4n) is 3.62. The van der Waals surface area contributed by atoms with E-state index in [1.165, 1.54) is 6.07 Å². The fourth-order valence-corrected chi connectivity index (χ4v) is 3.62. The molecule has 4 N–H and O–H groups in total. The lowest BCUT2D eigenvalue weighted by Gasteiger charge is -2.28. The molecule has 6 nitrogen and oxygen atoms in total. The van der Waals surface area contributed by atoms with Crippen LogP contribution in [0.15, 0.2) is 41.5 Å². The first-order valence-electron chi connectivity index (χ1n) is 10.2. The van der Waals surface area contributed by atoms with Gasteiger partial charge in [-0.2, -0.15) is 0 Å². The molecule has 1 unspecified atom stereocenters. The summed E-state index contributed by atoms with van der Waals surface area (Å²) in [6.07, 6.45) is 3.75. The number of rotatable bonds is 5. The van der Waals surface area contributed by atoms with Gasteiger partial charge in [0.25, 0.3) is 0 Å². The Morgan fingerprint density at radius 3 is 2.26 bits per heavy atom. The summed E-state index contributed by atoms with van der Waals surface area (Å²) >= 11 is 0. The van der Waals surface area contributed by atoms with E-state index < -0.39 is 6.10 Å². The summed E-state index contributed by atoms with van der Waals surface area (Å²) in [5.74, 6) is -0.971. The fraction of sp³-hybridized carbons (Fsp3) is 0.320. The van der Waals surface area contributed by atoms with Crippen LogP contribution in [-0.4, -0.2) is 26.2 Å². The Bertz CT molecular complexity index is 1090. The van der Waals surface area contributed by atoms with Crippen LogP contribution in [-0.2, 0) is 12.8 Å². The molecule has 3 rings (SSSR count). The summed E-state index contributed by atoms with van der Waals surface area (Å²) in [7, 11) is 0. The zero-order valence-corrected chi connectivity index (χ0v) is 18.2. The van der Waals surface area contributed by atoms with Gasteiger partial charge in [-0.1, -0.05) is 23.3 Å². The van der Waals surface area contributed by atoms with Gasteiger partial charge in [0.15, 0.2) is 5.78 Å². The number of benzene rings is 2. The maximum absolute atomic E-state index is 12.7. The van der Waals surface area contributed by atoms with Crippen LogP contribution in [0.3, 0.4) is 0 Å². The van der Waals surface area contributed by atoms with Crippen molar-refractivity contribution in [2.75, 3.05) is 0 Å². The molecular weight excluding hydrogens is 396 g/mol. The van der Waals surface area contributed by atoms with Crippen LogP contribution >= 0.6 is 0 Å². The quantitative estimate of drug-likeness (QED) is 0.490. The lowest BCUT2D eigenvalue weighted by Crippen LogP contribution is -2.21. The van der Waals surface area contributed by atoms with E-state index in [4.69, 9.17) is 4.74 Å². The molecule has 0 aromatic heterocycles. The zero-order chi connectivity index (χ0) is 22.9. The van der Waals surface area contributed by atoms with Gasteiger partial charge in [0.2, 0.25) is 0 Å². The smallest absolute Gasteiger partial charge is 0.174 e. The Hall–Kier alpha value is -3.41. The minimum absolute atomic E-state index is 0.0156. The van der Waals surface area contributed by atoms with Crippen molar-refractivity contribution >= 4 is 5.78 Å². The SMILES string of the molecule is CC(C)=CCc1cc(C2CC(=O)c3c(O)cc(O)cc3O2)c(O)c(CC=C(C)C)c1O. The first-order valence-corrected chi connectivity index (χ1v) is 10.2. The number of phenols is 4. The van der Waals surface area contributed by atoms with E-state index in [-0.39, 0.29) is 46.5 Å². The number of allylic oxidation sites excluding steroid dienone is 4. The highest BCUT2D eigenvalue weighted by Gasteiger charge is 2.33. The Morgan fingerprint density at radius 1 is 0.968 bits per heavy atom. The largest absolute Gasteiger partial charge is 0.508 e. The molecule has 31 heavy (non-hydrogen) atoms. The number of fused-ring (bicyclic) bond motifs is 1. The third-order valence-corrected chi connectivity index (χ3v) is 5.26. The second-order valence-corrected chi connectivity index (χ2v) is 8.34. The molecule has 1 aliphatic rings. The van der Waals surface area contributed by atoms with Crippen molar-refractivity contribution in [2.45, 2.75) is 53.1 Å². The average molecular weight is 424 g/mol. The molecule has 1 atom stereocenters. The third kappa shape index (κ3) is 4.68. The summed E-state index contributed by atoms with van der Waals surface area (Å²) in [6.45, 7) is 7.78. The van der Waals surface area contributed by atoms with Crippen molar-refractivity contribution in [2.24, 2.45) is 0 Å². The van der Waals surface area contributed by atoms with Crippen LogP contribution < -0.4 is 4.74 Å². The van der Waals surface area contributed by atoms with E-state index in [1.807, 2.05) is 39.8 Å². The van der Waals surface area contributed by atoms with E-state index in [0.29, 0.717) is 29.5 Å². The number of ketones is 1. The molecule has 2 aromatic rings. The second kappa shape index (κ2) is 8.76. The highest BCUT2D eigenvalue weighted by molar-refractivity contribution is 6.02. The number of carbonyl (C=O) groups excluding carboxylic acids is 1. The van der Waals surface area contributed by atoms with Crippen LogP contribution in [0.4, 0.5) is 0 Å². The van der Waals surface area contributed by atoms with Gasteiger partial charge in [-0.05, 0) is 52.2 Å². The normalized spacial score (nSPS) is 15.1. The maximum atomic E-state index is 12.7. The number of Topliss-reactive ketones (excluding diaryl/α,β-unsaturated/α-hetero) is 1. The van der Waals surface area contributed by atoms with Gasteiger partial charge in [0, 0.05) is 23.3 Å². The second-order valence-electron chi connectivity index (χ2n) is 8.34. The molecule has 164 valence electrons. The Morgan fingerprint density at radius 2 is 1.61 bits per heavy atom. The zero-order valence-electron chi connectivity index (χ0n) is 18.2. The highest BCUT2D eigenvalue weighted by Crippen LogP contribution is 2.46. The maximum Gasteiger partial charge on any atom is 0.174 e. The van der Waals surface area contributed by atoms with Gasteiger partial charge >= 0.3 is 0 Å². The Labute approximate surface area is 181 Å². The van der Waals surface area contributed by atoms with Crippen LogP contribution in [0.25, 0.3) is 0 Å². The molecule has 6 heteroatoms. The summed E-state index contributed by atoms with van der Waals surface area (Å²) in [5.41, 5.74) is 3.52. The van der Waals surface area contributed by atoms with Crippen molar-refractivity contribution in [1.29, 1.82) is 0 Å². The number of aromatic hydroxyl groups is 4. The molecule has 1 aliphatic heterocycles. The van der Waals surface area contributed by atoms with Crippen molar-refractivity contribution in [3.63, 3.8) is 0 Å². The molecular formula is C25H28O6. The minimum Gasteiger partial charge on any atom is -0.508 e. The number of ether oxygens (including phenoxy) is 1. The minimum atomic E-state index is -0.822. The van der Waals surface area contributed by atoms with Gasteiger partial charge in [0.05, 0.1) is 6.42 Å². The monoisotopic (exact) mass is 424 g/mol. The Kier molecular flexibility index (Phi) is 6.29. The number of hydrogen-bond donors (Lipinski definition) is 4. The van der Waals surface area contributed by atoms with E-state index in [2.05, 4.69) is 0 Å². The molecule has 1 heterocycles. The number of carbonyl (C=O) groups is 1. The Balaban J connectivity index is 2.12. The summed E-state index contributed by atoms with van der Waals surface area (Å²) in [5, 5.41) is 41.6. The predicted molar refractivity (Wildman–Crippen MR) is 118 cm³/mol.